The minimum Gasteiger partial charge on any atom is -0.390 e. The maximum atomic E-state index is 12.4. The molecule has 0 aromatic heterocycles. The van der Waals surface area contributed by atoms with Gasteiger partial charge in [0.25, 0.3) is 0 Å². The Balaban J connectivity index is 1.92. The summed E-state index contributed by atoms with van der Waals surface area (Å²) in [6.45, 7) is 1.83. The number of fused-ring (bicyclic) bond motifs is 1. The second kappa shape index (κ2) is 5.77. The summed E-state index contributed by atoms with van der Waals surface area (Å²) >= 11 is 5.82. The zero-order chi connectivity index (χ0) is 16.0. The first-order valence-corrected chi connectivity index (χ1v) is 8.74. The molecule has 3 fully saturated rings. The highest BCUT2D eigenvalue weighted by molar-refractivity contribution is 6.18. The van der Waals surface area contributed by atoms with E-state index < -0.39 is 29.3 Å². The van der Waals surface area contributed by atoms with Crippen molar-refractivity contribution in [2.24, 2.45) is 11.8 Å². The van der Waals surface area contributed by atoms with Gasteiger partial charge in [0.15, 0.2) is 6.29 Å². The van der Waals surface area contributed by atoms with Gasteiger partial charge < -0.3 is 20.0 Å². The van der Waals surface area contributed by atoms with E-state index in [2.05, 4.69) is 5.32 Å². The highest BCUT2D eigenvalue weighted by Crippen LogP contribution is 2.56. The molecule has 6 heteroatoms. The zero-order valence-corrected chi connectivity index (χ0v) is 13.6. The summed E-state index contributed by atoms with van der Waals surface area (Å²) in [5, 5.41) is 14.0. The van der Waals surface area contributed by atoms with E-state index >= 15 is 0 Å². The fourth-order valence-corrected chi connectivity index (χ4v) is 5.01. The number of aliphatic hydroxyl groups excluding tert-OH is 1. The lowest BCUT2D eigenvalue weighted by Gasteiger charge is -2.60. The Bertz CT molecular complexity index is 467. The van der Waals surface area contributed by atoms with Crippen molar-refractivity contribution in [3.63, 3.8) is 0 Å². The van der Waals surface area contributed by atoms with Gasteiger partial charge >= 0.3 is 0 Å². The topological polar surface area (TPSA) is 75.6 Å². The zero-order valence-electron chi connectivity index (χ0n) is 12.9. The van der Waals surface area contributed by atoms with Crippen molar-refractivity contribution < 1.29 is 19.4 Å². The third kappa shape index (κ3) is 1.98. The molecule has 2 saturated heterocycles. The average Bonchev–Trinajstić information content (AvgIpc) is 2.69. The van der Waals surface area contributed by atoms with E-state index in [4.69, 9.17) is 16.3 Å². The van der Waals surface area contributed by atoms with E-state index in [-0.39, 0.29) is 11.8 Å². The summed E-state index contributed by atoms with van der Waals surface area (Å²) in [5.74, 6) is -0.130. The lowest BCUT2D eigenvalue weighted by atomic mass is 9.61. The molecule has 2 aliphatic heterocycles. The van der Waals surface area contributed by atoms with Gasteiger partial charge in [-0.2, -0.15) is 0 Å². The minimum atomic E-state index is -0.995. The number of rotatable bonds is 5. The SMILES string of the molecule is CC12OC(C=O)C1(C(O)C1CCCCC1)NC(=O)C2CCCl. The number of hydrogen-bond donors (Lipinski definition) is 2. The number of carbonyl (C=O) groups excluding carboxylic acids is 2. The Kier molecular flexibility index (Phi) is 4.25. The summed E-state index contributed by atoms with van der Waals surface area (Å²) < 4.78 is 5.78. The normalized spacial score (nSPS) is 43.1. The molecule has 5 unspecified atom stereocenters. The quantitative estimate of drug-likeness (QED) is 0.590. The van der Waals surface area contributed by atoms with Crippen molar-refractivity contribution in [2.75, 3.05) is 5.88 Å². The van der Waals surface area contributed by atoms with Gasteiger partial charge in [-0.15, -0.1) is 11.6 Å². The number of carbonyl (C=O) groups is 2. The number of aldehydes is 1. The Hall–Kier alpha value is -0.650. The van der Waals surface area contributed by atoms with Crippen molar-refractivity contribution in [1.29, 1.82) is 0 Å². The lowest BCUT2D eigenvalue weighted by molar-refractivity contribution is -0.290. The van der Waals surface area contributed by atoms with Gasteiger partial charge in [-0.3, -0.25) is 4.79 Å². The number of alkyl halides is 1. The molecule has 0 aromatic rings. The highest BCUT2D eigenvalue weighted by atomic mass is 35.5. The summed E-state index contributed by atoms with van der Waals surface area (Å²) in [6, 6.07) is 0. The number of nitrogens with one attached hydrogen (secondary N) is 1. The average molecular weight is 330 g/mol. The van der Waals surface area contributed by atoms with Crippen molar-refractivity contribution in [2.45, 2.75) is 68.8 Å². The molecule has 0 radical (unpaired) electrons. The molecule has 1 saturated carbocycles. The Morgan fingerprint density at radius 1 is 1.45 bits per heavy atom. The second-order valence-electron chi connectivity index (χ2n) is 7.01. The Morgan fingerprint density at radius 3 is 2.73 bits per heavy atom. The standard InChI is InChI=1S/C16H24ClNO4/c1-15-11(7-8-17)14(21)18-16(15,12(9-19)22-15)13(20)10-5-3-2-4-6-10/h9-13,20H,2-8H2,1H3,(H,18,21). The van der Waals surface area contributed by atoms with Crippen LogP contribution in [0, 0.1) is 11.8 Å². The molecular formula is C16H24ClNO4. The van der Waals surface area contributed by atoms with Crippen LogP contribution < -0.4 is 5.32 Å². The van der Waals surface area contributed by atoms with Gasteiger partial charge in [0.2, 0.25) is 5.91 Å². The van der Waals surface area contributed by atoms with Gasteiger partial charge in [-0.05, 0) is 32.1 Å². The van der Waals surface area contributed by atoms with Crippen molar-refractivity contribution in [1.82, 2.24) is 5.32 Å². The Labute approximate surface area is 135 Å². The predicted octanol–water partition coefficient (Wildman–Crippen LogP) is 1.40. The van der Waals surface area contributed by atoms with E-state index in [0.717, 1.165) is 25.7 Å². The third-order valence-electron chi connectivity index (χ3n) is 6.04. The van der Waals surface area contributed by atoms with E-state index in [0.29, 0.717) is 18.6 Å². The molecule has 3 rings (SSSR count). The monoisotopic (exact) mass is 329 g/mol. The summed E-state index contributed by atoms with van der Waals surface area (Å²) in [7, 11) is 0. The summed E-state index contributed by atoms with van der Waals surface area (Å²) in [5.41, 5.74) is -1.86. The summed E-state index contributed by atoms with van der Waals surface area (Å²) in [6.07, 6.45) is 4.86. The molecule has 0 spiro atoms. The van der Waals surface area contributed by atoms with Crippen LogP contribution >= 0.6 is 11.6 Å². The Morgan fingerprint density at radius 2 is 2.14 bits per heavy atom. The number of ether oxygens (including phenoxy) is 1. The molecule has 1 amide bonds. The van der Waals surface area contributed by atoms with Crippen LogP contribution in [-0.2, 0) is 14.3 Å². The van der Waals surface area contributed by atoms with Crippen LogP contribution in [0.2, 0.25) is 0 Å². The first kappa shape index (κ1) is 16.2. The first-order valence-electron chi connectivity index (χ1n) is 8.20. The molecule has 3 aliphatic rings. The van der Waals surface area contributed by atoms with Crippen molar-refractivity contribution in [3.8, 4) is 0 Å². The fraction of sp³-hybridized carbons (Fsp3) is 0.875. The van der Waals surface area contributed by atoms with Crippen LogP contribution in [0.4, 0.5) is 0 Å². The van der Waals surface area contributed by atoms with Crippen LogP contribution in [0.3, 0.4) is 0 Å². The third-order valence-corrected chi connectivity index (χ3v) is 6.26. The van der Waals surface area contributed by atoms with Crippen LogP contribution in [0.15, 0.2) is 0 Å². The van der Waals surface area contributed by atoms with E-state index in [1.807, 2.05) is 6.92 Å². The van der Waals surface area contributed by atoms with Crippen LogP contribution in [0.5, 0.6) is 0 Å². The molecule has 1 aliphatic carbocycles. The largest absolute Gasteiger partial charge is 0.390 e. The molecule has 2 N–H and O–H groups in total. The maximum Gasteiger partial charge on any atom is 0.226 e. The molecule has 5 nitrogen and oxygen atoms in total. The van der Waals surface area contributed by atoms with E-state index in [1.54, 1.807) is 0 Å². The number of amides is 1. The van der Waals surface area contributed by atoms with E-state index in [9.17, 15) is 14.7 Å². The van der Waals surface area contributed by atoms with Gasteiger partial charge in [0, 0.05) is 5.88 Å². The van der Waals surface area contributed by atoms with Crippen molar-refractivity contribution >= 4 is 23.8 Å². The van der Waals surface area contributed by atoms with Crippen molar-refractivity contribution in [3.05, 3.63) is 0 Å². The summed E-state index contributed by atoms with van der Waals surface area (Å²) in [4.78, 5) is 23.8. The fourth-order valence-electron chi connectivity index (χ4n) is 4.79. The second-order valence-corrected chi connectivity index (χ2v) is 7.39. The minimum absolute atomic E-state index is 0.106. The molecular weight excluding hydrogens is 306 g/mol. The molecule has 124 valence electrons. The molecule has 0 bridgehead atoms. The predicted molar refractivity (Wildman–Crippen MR) is 81.6 cm³/mol. The maximum absolute atomic E-state index is 12.4. The first-order chi connectivity index (χ1) is 10.5. The van der Waals surface area contributed by atoms with Gasteiger partial charge in [0.05, 0.1) is 12.0 Å². The smallest absolute Gasteiger partial charge is 0.226 e. The number of halogens is 1. The molecule has 2 heterocycles. The van der Waals surface area contributed by atoms with Crippen LogP contribution in [0.25, 0.3) is 0 Å². The highest BCUT2D eigenvalue weighted by Gasteiger charge is 2.77. The van der Waals surface area contributed by atoms with Gasteiger partial charge in [-0.25, -0.2) is 0 Å². The lowest BCUT2D eigenvalue weighted by Crippen LogP contribution is -2.82. The van der Waals surface area contributed by atoms with Gasteiger partial charge in [0.1, 0.15) is 17.2 Å². The van der Waals surface area contributed by atoms with E-state index in [1.165, 1.54) is 6.42 Å². The van der Waals surface area contributed by atoms with Crippen LogP contribution in [0.1, 0.15) is 45.4 Å². The van der Waals surface area contributed by atoms with Gasteiger partial charge in [-0.1, -0.05) is 19.3 Å². The number of aliphatic hydroxyl groups is 1. The van der Waals surface area contributed by atoms with Crippen LogP contribution in [-0.4, -0.2) is 46.5 Å². The molecule has 5 atom stereocenters. The molecule has 22 heavy (non-hydrogen) atoms. The molecule has 0 aromatic carbocycles. The number of hydrogen-bond acceptors (Lipinski definition) is 4.